The number of esters is 1. The molecule has 7 heterocycles. The van der Waals surface area contributed by atoms with E-state index in [1.807, 2.05) is 18.0 Å². The molecule has 1 amide bonds. The van der Waals surface area contributed by atoms with E-state index in [2.05, 4.69) is 28.4 Å². The summed E-state index contributed by atoms with van der Waals surface area (Å²) in [7, 11) is 5.12. The number of fused-ring (bicyclic) bond motifs is 5. The van der Waals surface area contributed by atoms with Gasteiger partial charge in [-0.2, -0.15) is 0 Å². The maximum Gasteiger partial charge on any atom is 0.308 e. The van der Waals surface area contributed by atoms with E-state index in [9.17, 15) is 14.7 Å². The second kappa shape index (κ2) is 8.49. The molecule has 2 bridgehead atoms. The van der Waals surface area contributed by atoms with Crippen molar-refractivity contribution in [3.63, 3.8) is 0 Å². The number of nitrogens with zero attached hydrogens (tertiary/aromatic N) is 3. The monoisotopic (exact) mass is 638 g/mol. The summed E-state index contributed by atoms with van der Waals surface area (Å²) in [5.41, 5.74) is -0.951. The minimum absolute atomic E-state index is 0.0236. The maximum absolute atomic E-state index is 15.5. The van der Waals surface area contributed by atoms with Crippen molar-refractivity contribution in [1.29, 1.82) is 0 Å². The first-order valence-electron chi connectivity index (χ1n) is 16.8. The number of para-hydroxylation sites is 1. The number of rotatable bonds is 3. The lowest BCUT2D eigenvalue weighted by atomic mass is 9.51. The fourth-order valence-corrected chi connectivity index (χ4v) is 12.0. The predicted molar refractivity (Wildman–Crippen MR) is 170 cm³/mol. The molecule has 3 spiro atoms. The van der Waals surface area contributed by atoms with Crippen LogP contribution in [0.2, 0.25) is 0 Å². The van der Waals surface area contributed by atoms with Gasteiger partial charge in [0, 0.05) is 44.1 Å². The Morgan fingerprint density at radius 2 is 1.83 bits per heavy atom. The Hall–Kier alpha value is -4.09. The molecular formula is C36H38N4O7. The number of benzene rings is 2. The molecule has 6 atom stereocenters. The lowest BCUT2D eigenvalue weighted by molar-refractivity contribution is -0.205. The average molecular weight is 639 g/mol. The van der Waals surface area contributed by atoms with Crippen LogP contribution in [0.5, 0.6) is 17.2 Å². The van der Waals surface area contributed by atoms with E-state index < -0.39 is 27.6 Å². The lowest BCUT2D eigenvalue weighted by Crippen LogP contribution is -2.73. The minimum Gasteiger partial charge on any atom is -0.506 e. The van der Waals surface area contributed by atoms with Crippen molar-refractivity contribution in [3.8, 4) is 17.2 Å². The summed E-state index contributed by atoms with van der Waals surface area (Å²) in [6.45, 7) is 2.02. The van der Waals surface area contributed by atoms with Gasteiger partial charge in [-0.3, -0.25) is 29.1 Å². The third-order valence-corrected chi connectivity index (χ3v) is 13.6. The number of hydrogen-bond donors (Lipinski definition) is 2. The van der Waals surface area contributed by atoms with Gasteiger partial charge in [0.05, 0.1) is 48.3 Å². The average Bonchev–Trinajstić information content (AvgIpc) is 3.78. The number of hydrogen-bond acceptors (Lipinski definition) is 10. The molecule has 47 heavy (non-hydrogen) atoms. The van der Waals surface area contributed by atoms with E-state index in [0.29, 0.717) is 60.7 Å². The summed E-state index contributed by atoms with van der Waals surface area (Å²) >= 11 is 0. The quantitative estimate of drug-likeness (QED) is 0.383. The second-order valence-corrected chi connectivity index (χ2v) is 14.8. The molecule has 0 aromatic heterocycles. The van der Waals surface area contributed by atoms with Crippen LogP contribution in [0, 0.1) is 5.41 Å². The zero-order valence-electron chi connectivity index (χ0n) is 26.9. The van der Waals surface area contributed by atoms with Crippen LogP contribution in [0.4, 0.5) is 11.4 Å². The second-order valence-electron chi connectivity index (χ2n) is 14.8. The number of carbonyl (C=O) groups is 3. The van der Waals surface area contributed by atoms with Crippen LogP contribution in [-0.4, -0.2) is 90.9 Å². The number of methoxy groups -OCH3 is 2. The number of ketones is 1. The van der Waals surface area contributed by atoms with Crippen LogP contribution in [0.15, 0.2) is 36.4 Å². The minimum atomic E-state index is -1.25. The SMILES string of the molecule is COc1c([C@@]23CCN(C)[C@]4(CCC(=O)N4c4c(O)cccc42)C3=O)cc2c(c1OC)N[C@@H]1CC[C@@]34C=CCN5CC[C@@]21[C@]53OC(=O)C4. The number of likely N-dealkylation sites (tertiary alicyclic amines) is 1. The molecule has 2 aromatic rings. The normalized spacial score (nSPS) is 39.0. The highest BCUT2D eigenvalue weighted by Crippen LogP contribution is 2.73. The molecule has 2 N–H and O–H groups in total. The van der Waals surface area contributed by atoms with E-state index in [4.69, 9.17) is 14.2 Å². The standard InChI is InChI=1S/C36H38N4O7/c1-38-16-13-33(20-6-4-7-23(41)28(20)40-25(42)9-12-35(38,40)31(33)44)22-18-21-27(30(46-3)29(22)45-2)37-24-8-11-32-10-5-15-39-17-14-34(21,24)36(32,39)47-26(43)19-32/h4-7,10,18,24,37,41H,8-9,11-17,19H2,1-3H3/t24-,32-,33-,34-,35+,36+/m1/s1. The smallest absolute Gasteiger partial charge is 0.308 e. The van der Waals surface area contributed by atoms with Gasteiger partial charge in [-0.1, -0.05) is 24.3 Å². The van der Waals surface area contributed by atoms with Crippen LogP contribution < -0.4 is 19.7 Å². The number of amides is 1. The zero-order valence-corrected chi connectivity index (χ0v) is 26.9. The summed E-state index contributed by atoms with van der Waals surface area (Å²) in [5, 5.41) is 15.3. The van der Waals surface area contributed by atoms with Gasteiger partial charge in [0.25, 0.3) is 0 Å². The van der Waals surface area contributed by atoms with Crippen LogP contribution in [0.3, 0.4) is 0 Å². The molecule has 8 aliphatic rings. The number of carbonyl (C=O) groups excluding carboxylic acids is 3. The maximum atomic E-state index is 15.5. The highest BCUT2D eigenvalue weighted by Gasteiger charge is 2.81. The molecule has 2 aromatic carbocycles. The Balaban J connectivity index is 1.30. The summed E-state index contributed by atoms with van der Waals surface area (Å²) in [5.74, 6) is 0.494. The molecule has 1 saturated carbocycles. The number of anilines is 2. The number of phenols is 1. The van der Waals surface area contributed by atoms with Gasteiger partial charge in [-0.25, -0.2) is 0 Å². The van der Waals surface area contributed by atoms with E-state index in [0.717, 1.165) is 37.1 Å². The summed E-state index contributed by atoms with van der Waals surface area (Å²) in [4.78, 5) is 48.4. The summed E-state index contributed by atoms with van der Waals surface area (Å²) in [6, 6.07) is 7.32. The van der Waals surface area contributed by atoms with Crippen LogP contribution in [-0.2, 0) is 30.0 Å². The molecular weight excluding hydrogens is 600 g/mol. The fourth-order valence-electron chi connectivity index (χ4n) is 12.0. The Kier molecular flexibility index (Phi) is 5.05. The van der Waals surface area contributed by atoms with Gasteiger partial charge in [0.15, 0.2) is 28.7 Å². The number of likely N-dealkylation sites (N-methyl/N-ethyl adjacent to an activating group) is 1. The number of Topliss-reactive ketones (excluding diaryl/α,β-unsaturated/α-hetero) is 1. The number of nitrogens with one attached hydrogen (secondary N) is 1. The molecule has 1 aliphatic carbocycles. The molecule has 5 fully saturated rings. The lowest BCUT2D eigenvalue weighted by Gasteiger charge is -2.59. The molecule has 7 aliphatic heterocycles. The third kappa shape index (κ3) is 2.64. The van der Waals surface area contributed by atoms with Crippen molar-refractivity contribution in [2.24, 2.45) is 5.41 Å². The van der Waals surface area contributed by atoms with E-state index in [1.54, 1.807) is 31.3 Å². The van der Waals surface area contributed by atoms with Gasteiger partial charge in [-0.05, 0) is 56.0 Å². The fraction of sp³-hybridized carbons (Fsp3) is 0.528. The zero-order chi connectivity index (χ0) is 32.3. The summed E-state index contributed by atoms with van der Waals surface area (Å²) in [6.07, 6.45) is 8.18. The molecule has 11 heteroatoms. The van der Waals surface area contributed by atoms with Crippen molar-refractivity contribution in [1.82, 2.24) is 9.80 Å². The third-order valence-electron chi connectivity index (χ3n) is 13.6. The largest absolute Gasteiger partial charge is 0.506 e. The highest BCUT2D eigenvalue weighted by atomic mass is 16.6. The van der Waals surface area contributed by atoms with Crippen molar-refractivity contribution in [2.75, 3.05) is 51.1 Å². The van der Waals surface area contributed by atoms with Gasteiger partial charge in [0.1, 0.15) is 5.75 Å². The van der Waals surface area contributed by atoms with E-state index >= 15 is 4.79 Å². The first-order chi connectivity index (χ1) is 22.7. The van der Waals surface area contributed by atoms with Gasteiger partial charge in [-0.15, -0.1) is 0 Å². The first kappa shape index (κ1) is 28.0. The Morgan fingerprint density at radius 3 is 2.64 bits per heavy atom. The Labute approximate surface area is 272 Å². The number of piperidine rings is 1. The highest BCUT2D eigenvalue weighted by molar-refractivity contribution is 6.17. The van der Waals surface area contributed by atoms with E-state index in [-0.39, 0.29) is 35.9 Å². The molecule has 0 unspecified atom stereocenters. The van der Waals surface area contributed by atoms with Crippen LogP contribution in [0.25, 0.3) is 0 Å². The first-order valence-corrected chi connectivity index (χ1v) is 16.8. The number of ether oxygens (including phenoxy) is 3. The van der Waals surface area contributed by atoms with Crippen LogP contribution >= 0.6 is 0 Å². The topological polar surface area (TPSA) is 121 Å². The predicted octanol–water partition coefficient (Wildman–Crippen LogP) is 3.17. The van der Waals surface area contributed by atoms with Crippen molar-refractivity contribution >= 4 is 29.0 Å². The Bertz CT molecular complexity index is 1890. The molecule has 244 valence electrons. The van der Waals surface area contributed by atoms with Crippen molar-refractivity contribution in [3.05, 3.63) is 53.1 Å². The van der Waals surface area contributed by atoms with Gasteiger partial charge < -0.3 is 24.6 Å². The number of phenolic OH excluding ortho intramolecular Hbond substituents is 1. The number of aromatic hydroxyl groups is 1. The molecule has 11 nitrogen and oxygen atoms in total. The molecule has 4 saturated heterocycles. The molecule has 0 radical (unpaired) electrons. The molecule has 10 rings (SSSR count). The summed E-state index contributed by atoms with van der Waals surface area (Å²) < 4.78 is 19.1. The van der Waals surface area contributed by atoms with E-state index in [1.165, 1.54) is 0 Å². The van der Waals surface area contributed by atoms with Crippen LogP contribution in [0.1, 0.15) is 61.6 Å². The van der Waals surface area contributed by atoms with Crippen molar-refractivity contribution in [2.45, 2.75) is 73.2 Å². The van der Waals surface area contributed by atoms with Crippen molar-refractivity contribution < 1.29 is 33.7 Å². The Morgan fingerprint density at radius 1 is 1.00 bits per heavy atom. The van der Waals surface area contributed by atoms with Gasteiger partial charge >= 0.3 is 5.97 Å². The van der Waals surface area contributed by atoms with Gasteiger partial charge in [0.2, 0.25) is 5.91 Å².